The van der Waals surface area contributed by atoms with Crippen LogP contribution in [0.2, 0.25) is 0 Å². The molecule has 0 saturated carbocycles. The van der Waals surface area contributed by atoms with Crippen molar-refractivity contribution in [1.82, 2.24) is 4.98 Å². The van der Waals surface area contributed by atoms with Crippen LogP contribution in [0, 0.1) is 0 Å². The Bertz CT molecular complexity index is 142. The van der Waals surface area contributed by atoms with Crippen LogP contribution in [0.4, 0.5) is 0 Å². The van der Waals surface area contributed by atoms with Gasteiger partial charge in [0.25, 0.3) is 0 Å². The summed E-state index contributed by atoms with van der Waals surface area (Å²) in [5, 5.41) is 0. The minimum atomic E-state index is 0. The van der Waals surface area contributed by atoms with Crippen LogP contribution in [0.5, 0.6) is 0 Å². The second kappa shape index (κ2) is 3.88. The number of aromatic nitrogens is 1. The molecule has 0 amide bonds. The zero-order valence-corrected chi connectivity index (χ0v) is 5.79. The topological polar surface area (TPSA) is 12.9 Å². The van der Waals surface area contributed by atoms with Crippen molar-refractivity contribution >= 4 is 17.1 Å². The zero-order valence-electron chi connectivity index (χ0n) is 3.98. The van der Waals surface area contributed by atoms with Crippen molar-refractivity contribution in [2.45, 2.75) is 0 Å². The fourth-order valence-corrected chi connectivity index (χ4v) is 0.500. The van der Waals surface area contributed by atoms with Gasteiger partial charge in [0.1, 0.15) is 0 Å². The van der Waals surface area contributed by atoms with E-state index in [1.807, 2.05) is 12.1 Å². The average molecular weight is 173 g/mol. The molecule has 0 spiro atoms. The molecule has 47 valence electrons. The van der Waals surface area contributed by atoms with Crippen LogP contribution in [-0.4, -0.2) is 4.98 Å². The Morgan fingerprint density at radius 1 is 1.38 bits per heavy atom. The molecule has 0 aromatic carbocycles. The molecule has 0 atom stereocenters. The van der Waals surface area contributed by atoms with Gasteiger partial charge in [-0.15, -0.1) is 12.4 Å². The van der Waals surface area contributed by atoms with E-state index >= 15 is 0 Å². The van der Waals surface area contributed by atoms with E-state index in [0.29, 0.717) is 4.66 Å². The molecule has 8 heavy (non-hydrogen) atoms. The standard InChI is InChI=1S/C5H4N.ClH.Ni/c1-2-4-6-5-3-1;;/h1-4H;1H;. The molecule has 1 aromatic heterocycles. The first-order valence-electron chi connectivity index (χ1n) is 1.93. The Morgan fingerprint density at radius 2 is 2.12 bits per heavy atom. The predicted molar refractivity (Wildman–Crippen MR) is 31.1 cm³/mol. The molecular weight excluding hydrogens is 168 g/mol. The Balaban J connectivity index is 0.000000490. The van der Waals surface area contributed by atoms with Crippen LogP contribution in [0.3, 0.4) is 0 Å². The molecule has 0 saturated heterocycles. The normalized spacial score (nSPS) is 7.75. The van der Waals surface area contributed by atoms with Gasteiger partial charge in [-0.1, -0.05) is 0 Å². The van der Waals surface area contributed by atoms with Gasteiger partial charge in [-0.05, 0) is 0 Å². The molecule has 0 bridgehead atoms. The average Bonchev–Trinajstić information content (AvgIpc) is 1.69. The van der Waals surface area contributed by atoms with Gasteiger partial charge in [0.05, 0.1) is 0 Å². The number of hydrogen-bond donors (Lipinski definition) is 0. The van der Waals surface area contributed by atoms with Crippen LogP contribution >= 0.6 is 12.4 Å². The number of rotatable bonds is 0. The number of nitrogens with zero attached hydrogens (tertiary/aromatic N) is 1. The van der Waals surface area contributed by atoms with E-state index in [0.717, 1.165) is 0 Å². The zero-order chi connectivity index (χ0) is 5.11. The van der Waals surface area contributed by atoms with Crippen molar-refractivity contribution in [2.75, 3.05) is 0 Å². The van der Waals surface area contributed by atoms with E-state index in [9.17, 15) is 0 Å². The fourth-order valence-electron chi connectivity index (χ4n) is 0.331. The Labute approximate surface area is 62.3 Å². The molecule has 1 heterocycles. The number of pyridine rings is 1. The van der Waals surface area contributed by atoms with Crippen molar-refractivity contribution in [1.29, 1.82) is 0 Å². The Hall–Kier alpha value is -0.0665. The first-order valence-corrected chi connectivity index (χ1v) is 2.42. The van der Waals surface area contributed by atoms with Crippen LogP contribution < -0.4 is 4.66 Å². The van der Waals surface area contributed by atoms with Gasteiger partial charge < -0.3 is 0 Å². The van der Waals surface area contributed by atoms with Crippen molar-refractivity contribution in [2.24, 2.45) is 0 Å². The Kier molecular flexibility index (Phi) is 3.85. The number of halogens is 1. The van der Waals surface area contributed by atoms with Crippen molar-refractivity contribution in [3.05, 3.63) is 24.4 Å². The third kappa shape index (κ3) is 2.29. The summed E-state index contributed by atoms with van der Waals surface area (Å²) in [6, 6.07) is 5.54. The van der Waals surface area contributed by atoms with Gasteiger partial charge in [-0.2, -0.15) is 0 Å². The van der Waals surface area contributed by atoms with Gasteiger partial charge in [0.15, 0.2) is 0 Å². The van der Waals surface area contributed by atoms with E-state index in [4.69, 9.17) is 0 Å². The summed E-state index contributed by atoms with van der Waals surface area (Å²) in [6.07, 6.45) is 1.69. The first kappa shape index (κ1) is 7.93. The molecule has 0 unspecified atom stereocenters. The van der Waals surface area contributed by atoms with Gasteiger partial charge in [0, 0.05) is 0 Å². The maximum atomic E-state index is 4.43. The summed E-state index contributed by atoms with van der Waals surface area (Å²) in [4.78, 5) is 3.81. The molecule has 0 aliphatic heterocycles. The molecule has 0 aliphatic rings. The van der Waals surface area contributed by atoms with E-state index in [1.54, 1.807) is 12.3 Å². The fraction of sp³-hybridized carbons (Fsp3) is 0. The van der Waals surface area contributed by atoms with Crippen LogP contribution in [0.15, 0.2) is 24.4 Å². The van der Waals surface area contributed by atoms with E-state index in [1.165, 1.54) is 0 Å². The Morgan fingerprint density at radius 3 is 2.38 bits per heavy atom. The van der Waals surface area contributed by atoms with Crippen LogP contribution in [0.25, 0.3) is 0 Å². The summed E-state index contributed by atoms with van der Waals surface area (Å²) < 4.78 is 0.697. The molecule has 1 nitrogen and oxygen atoms in total. The number of hydrogen-bond acceptors (Lipinski definition) is 1. The second-order valence-electron chi connectivity index (χ2n) is 1.12. The summed E-state index contributed by atoms with van der Waals surface area (Å²) in [6.45, 7) is 0. The quantitative estimate of drug-likeness (QED) is 0.526. The summed E-state index contributed by atoms with van der Waals surface area (Å²) in [5.41, 5.74) is 0. The third-order valence-corrected chi connectivity index (χ3v) is 0.903. The maximum absolute atomic E-state index is 4.43. The van der Waals surface area contributed by atoms with Gasteiger partial charge in [0.2, 0.25) is 0 Å². The SMILES string of the molecule is Cl.[Ni][c]1ccccn1. The van der Waals surface area contributed by atoms with Crippen LogP contribution in [-0.2, 0) is 15.5 Å². The molecule has 3 heteroatoms. The van der Waals surface area contributed by atoms with Gasteiger partial charge in [-0.3, -0.25) is 0 Å². The van der Waals surface area contributed by atoms with E-state index < -0.39 is 0 Å². The minimum absolute atomic E-state index is 0. The predicted octanol–water partition coefficient (Wildman–Crippen LogP) is 0.676. The van der Waals surface area contributed by atoms with Crippen molar-refractivity contribution in [3.63, 3.8) is 0 Å². The van der Waals surface area contributed by atoms with Crippen molar-refractivity contribution < 1.29 is 15.5 Å². The van der Waals surface area contributed by atoms with E-state index in [-0.39, 0.29) is 12.4 Å². The monoisotopic (exact) mass is 172 g/mol. The molecule has 0 N–H and O–H groups in total. The third-order valence-electron chi connectivity index (χ3n) is 0.611. The van der Waals surface area contributed by atoms with Gasteiger partial charge >= 0.3 is 49.5 Å². The van der Waals surface area contributed by atoms with Gasteiger partial charge in [-0.25, -0.2) is 0 Å². The first-order chi connectivity index (χ1) is 3.39. The molecule has 0 radical (unpaired) electrons. The van der Waals surface area contributed by atoms with E-state index in [2.05, 4.69) is 20.4 Å². The molecular formula is C5H5ClNNi. The second-order valence-corrected chi connectivity index (χ2v) is 1.63. The summed E-state index contributed by atoms with van der Waals surface area (Å²) in [5.74, 6) is 0. The molecule has 1 aromatic rings. The van der Waals surface area contributed by atoms with Crippen molar-refractivity contribution in [3.8, 4) is 0 Å². The summed E-state index contributed by atoms with van der Waals surface area (Å²) >= 11 is 4.43. The molecule has 0 aliphatic carbocycles. The molecule has 1 rings (SSSR count). The summed E-state index contributed by atoms with van der Waals surface area (Å²) in [7, 11) is 0. The molecule has 0 fully saturated rings. The van der Waals surface area contributed by atoms with Crippen LogP contribution in [0.1, 0.15) is 0 Å².